The molecule has 0 spiro atoms. The van der Waals surface area contributed by atoms with E-state index in [1.54, 1.807) is 13.8 Å². The first-order valence-corrected chi connectivity index (χ1v) is 9.04. The number of rotatable bonds is 6. The van der Waals surface area contributed by atoms with Gasteiger partial charge in [-0.05, 0) is 37.7 Å². The molecule has 1 aromatic heterocycles. The third-order valence-electron chi connectivity index (χ3n) is 3.90. The van der Waals surface area contributed by atoms with Gasteiger partial charge in [0, 0.05) is 11.3 Å². The molecule has 0 aromatic carbocycles. The lowest BCUT2D eigenvalue weighted by Crippen LogP contribution is -2.21. The number of carbonyl (C=O) groups is 3. The molecule has 0 bridgehead atoms. The van der Waals surface area contributed by atoms with Crippen molar-refractivity contribution in [2.75, 3.05) is 18.5 Å². The van der Waals surface area contributed by atoms with Gasteiger partial charge in [0.2, 0.25) is 0 Å². The molecule has 7 heteroatoms. The first-order valence-electron chi connectivity index (χ1n) is 8.23. The topological polar surface area (TPSA) is 81.7 Å². The first kappa shape index (κ1) is 18.4. The first-order chi connectivity index (χ1) is 11.5. The predicted octanol–water partition coefficient (Wildman–Crippen LogP) is 2.94. The van der Waals surface area contributed by atoms with Crippen LogP contribution < -0.4 is 5.32 Å². The highest BCUT2D eigenvalue weighted by Gasteiger charge is 2.29. The Labute approximate surface area is 145 Å². The zero-order valence-electron chi connectivity index (χ0n) is 14.3. The number of thiophene rings is 1. The van der Waals surface area contributed by atoms with Gasteiger partial charge in [-0.3, -0.25) is 9.59 Å². The predicted molar refractivity (Wildman–Crippen MR) is 91.3 cm³/mol. The van der Waals surface area contributed by atoms with Crippen LogP contribution in [0.2, 0.25) is 0 Å². The number of hydrogen-bond acceptors (Lipinski definition) is 6. The Morgan fingerprint density at radius 3 is 2.67 bits per heavy atom. The Kier molecular flexibility index (Phi) is 6.36. The third-order valence-corrected chi connectivity index (χ3v) is 5.07. The minimum absolute atomic E-state index is 0.215. The smallest absolute Gasteiger partial charge is 0.341 e. The molecular formula is C17H23NO5S. The second kappa shape index (κ2) is 8.28. The maximum Gasteiger partial charge on any atom is 0.341 e. The van der Waals surface area contributed by atoms with E-state index < -0.39 is 17.8 Å². The molecule has 1 aliphatic rings. The molecule has 1 N–H and O–H groups in total. The van der Waals surface area contributed by atoms with Gasteiger partial charge in [-0.2, -0.15) is 0 Å². The van der Waals surface area contributed by atoms with Gasteiger partial charge in [0.25, 0.3) is 5.91 Å². The normalized spacial score (nSPS) is 16.2. The average molecular weight is 353 g/mol. The quantitative estimate of drug-likeness (QED) is 0.795. The van der Waals surface area contributed by atoms with Crippen molar-refractivity contribution in [2.45, 2.75) is 46.5 Å². The van der Waals surface area contributed by atoms with Crippen molar-refractivity contribution in [3.05, 3.63) is 16.0 Å². The van der Waals surface area contributed by atoms with Crippen molar-refractivity contribution in [3.63, 3.8) is 0 Å². The van der Waals surface area contributed by atoms with Gasteiger partial charge in [-0.1, -0.05) is 13.8 Å². The monoisotopic (exact) mass is 353 g/mol. The summed E-state index contributed by atoms with van der Waals surface area (Å²) >= 11 is 1.41. The Morgan fingerprint density at radius 2 is 2.00 bits per heavy atom. The molecule has 1 heterocycles. The van der Waals surface area contributed by atoms with E-state index in [2.05, 4.69) is 12.2 Å². The maximum absolute atomic E-state index is 12.3. The minimum atomic E-state index is -0.450. The lowest BCUT2D eigenvalue weighted by atomic mass is 9.88. The van der Waals surface area contributed by atoms with Gasteiger partial charge in [-0.25, -0.2) is 4.79 Å². The molecule has 0 saturated carbocycles. The summed E-state index contributed by atoms with van der Waals surface area (Å²) in [5.41, 5.74) is 1.44. The summed E-state index contributed by atoms with van der Waals surface area (Å²) in [6, 6.07) is 0. The van der Waals surface area contributed by atoms with E-state index in [0.29, 0.717) is 16.5 Å². The van der Waals surface area contributed by atoms with Crippen LogP contribution in [0.1, 0.15) is 54.4 Å². The Bertz CT molecular complexity index is 637. The van der Waals surface area contributed by atoms with Crippen LogP contribution in [0.15, 0.2) is 0 Å². The number of amides is 1. The van der Waals surface area contributed by atoms with Crippen LogP contribution in [0, 0.1) is 5.92 Å². The highest BCUT2D eigenvalue weighted by atomic mass is 32.1. The van der Waals surface area contributed by atoms with Gasteiger partial charge >= 0.3 is 11.9 Å². The second-order valence-corrected chi connectivity index (χ2v) is 6.94. The van der Waals surface area contributed by atoms with Gasteiger partial charge < -0.3 is 14.8 Å². The highest BCUT2D eigenvalue weighted by Crippen LogP contribution is 2.40. The van der Waals surface area contributed by atoms with Crippen molar-refractivity contribution in [3.8, 4) is 0 Å². The van der Waals surface area contributed by atoms with E-state index in [4.69, 9.17) is 9.47 Å². The van der Waals surface area contributed by atoms with E-state index in [9.17, 15) is 14.4 Å². The summed E-state index contributed by atoms with van der Waals surface area (Å²) in [5.74, 6) is -0.741. The van der Waals surface area contributed by atoms with Crippen LogP contribution in [0.5, 0.6) is 0 Å². The molecule has 0 saturated heterocycles. The van der Waals surface area contributed by atoms with Gasteiger partial charge in [0.05, 0.1) is 12.2 Å². The number of carbonyl (C=O) groups excluding carboxylic acids is 3. The summed E-state index contributed by atoms with van der Waals surface area (Å²) in [7, 11) is 0. The molecule has 1 atom stereocenters. The zero-order chi connectivity index (χ0) is 17.7. The fourth-order valence-electron chi connectivity index (χ4n) is 2.67. The third kappa shape index (κ3) is 4.35. The number of esters is 2. The molecule has 24 heavy (non-hydrogen) atoms. The lowest BCUT2D eigenvalue weighted by Gasteiger charge is -2.18. The van der Waals surface area contributed by atoms with E-state index in [-0.39, 0.29) is 19.6 Å². The zero-order valence-corrected chi connectivity index (χ0v) is 15.1. The standard InChI is InChI=1S/C17H23NO5S/c1-4-14(20)23-9-13(19)18-16-15(17(21)22-5-2)11-7-6-10(3)8-12(11)24-16/h10H,4-9H2,1-3H3,(H,18,19)/t10-/m0/s1. The summed E-state index contributed by atoms with van der Waals surface area (Å²) < 4.78 is 9.98. The van der Waals surface area contributed by atoms with Crippen molar-refractivity contribution in [2.24, 2.45) is 5.92 Å². The molecule has 1 amide bonds. The number of hydrogen-bond donors (Lipinski definition) is 1. The van der Waals surface area contributed by atoms with Gasteiger partial charge in [0.15, 0.2) is 6.61 Å². The number of ether oxygens (including phenoxy) is 2. The van der Waals surface area contributed by atoms with Crippen molar-refractivity contribution >= 4 is 34.2 Å². The number of fused-ring (bicyclic) bond motifs is 1. The van der Waals surface area contributed by atoms with E-state index >= 15 is 0 Å². The van der Waals surface area contributed by atoms with Crippen LogP contribution >= 0.6 is 11.3 Å². The van der Waals surface area contributed by atoms with E-state index in [1.807, 2.05) is 0 Å². The average Bonchev–Trinajstić information content (AvgIpc) is 2.89. The maximum atomic E-state index is 12.3. The summed E-state index contributed by atoms with van der Waals surface area (Å²) in [6.45, 7) is 5.51. The molecule has 2 rings (SSSR count). The van der Waals surface area contributed by atoms with Crippen molar-refractivity contribution < 1.29 is 23.9 Å². The van der Waals surface area contributed by atoms with Crippen LogP contribution in [0.25, 0.3) is 0 Å². The molecule has 0 aliphatic heterocycles. The van der Waals surface area contributed by atoms with E-state index in [1.165, 1.54) is 11.3 Å². The molecule has 1 aliphatic carbocycles. The largest absolute Gasteiger partial charge is 0.462 e. The Hall–Kier alpha value is -1.89. The molecule has 0 unspecified atom stereocenters. The van der Waals surface area contributed by atoms with Crippen LogP contribution in [0.4, 0.5) is 5.00 Å². The summed E-state index contributed by atoms with van der Waals surface area (Å²) in [6.07, 6.45) is 2.93. The number of anilines is 1. The second-order valence-electron chi connectivity index (χ2n) is 5.84. The van der Waals surface area contributed by atoms with Crippen molar-refractivity contribution in [1.29, 1.82) is 0 Å². The van der Waals surface area contributed by atoms with Crippen LogP contribution in [0.3, 0.4) is 0 Å². The summed E-state index contributed by atoms with van der Waals surface area (Å²) in [5, 5.41) is 3.19. The SMILES string of the molecule is CCOC(=O)c1c(NC(=O)COC(=O)CC)sc2c1CC[C@H](C)C2. The molecule has 0 radical (unpaired) electrons. The highest BCUT2D eigenvalue weighted by molar-refractivity contribution is 7.17. The lowest BCUT2D eigenvalue weighted by molar-refractivity contribution is -0.146. The van der Waals surface area contributed by atoms with Gasteiger partial charge in [0.1, 0.15) is 5.00 Å². The fourth-order valence-corrected chi connectivity index (χ4v) is 4.08. The van der Waals surface area contributed by atoms with Gasteiger partial charge in [-0.15, -0.1) is 11.3 Å². The molecule has 1 aromatic rings. The molecule has 0 fully saturated rings. The Morgan fingerprint density at radius 1 is 1.25 bits per heavy atom. The number of nitrogens with one attached hydrogen (secondary N) is 1. The minimum Gasteiger partial charge on any atom is -0.462 e. The van der Waals surface area contributed by atoms with E-state index in [0.717, 1.165) is 29.7 Å². The summed E-state index contributed by atoms with van der Waals surface area (Å²) in [4.78, 5) is 36.6. The molecular weight excluding hydrogens is 330 g/mol. The van der Waals surface area contributed by atoms with Crippen LogP contribution in [-0.2, 0) is 31.9 Å². The van der Waals surface area contributed by atoms with Crippen LogP contribution in [-0.4, -0.2) is 31.1 Å². The molecule has 132 valence electrons. The molecule has 6 nitrogen and oxygen atoms in total. The van der Waals surface area contributed by atoms with Crippen molar-refractivity contribution in [1.82, 2.24) is 0 Å². The Balaban J connectivity index is 2.20. The fraction of sp³-hybridized carbons (Fsp3) is 0.588.